The molecule has 0 saturated carbocycles. The minimum absolute atomic E-state index is 0.129. The fourth-order valence-corrected chi connectivity index (χ4v) is 2.84. The second kappa shape index (κ2) is 4.59. The molecule has 1 atom stereocenters. The van der Waals surface area contributed by atoms with Gasteiger partial charge in [0, 0.05) is 18.2 Å². The molecule has 0 bridgehead atoms. The van der Waals surface area contributed by atoms with E-state index in [1.165, 1.54) is 0 Å². The van der Waals surface area contributed by atoms with Crippen molar-refractivity contribution in [2.75, 3.05) is 0 Å². The zero-order chi connectivity index (χ0) is 13.4. The average Bonchev–Trinajstić information content (AvgIpc) is 2.68. The number of aromatic hydroxyl groups is 1. The van der Waals surface area contributed by atoms with Crippen LogP contribution in [-0.4, -0.2) is 21.5 Å². The van der Waals surface area contributed by atoms with Crippen molar-refractivity contribution in [3.63, 3.8) is 0 Å². The Morgan fingerprint density at radius 1 is 1.11 bits per heavy atom. The van der Waals surface area contributed by atoms with Gasteiger partial charge in [0.1, 0.15) is 11.8 Å². The summed E-state index contributed by atoms with van der Waals surface area (Å²) in [6.45, 7) is 0. The first-order valence-corrected chi connectivity index (χ1v) is 6.67. The topological polar surface area (TPSA) is 66.4 Å². The summed E-state index contributed by atoms with van der Waals surface area (Å²) in [7, 11) is 0. The molecule has 1 amide bonds. The Labute approximate surface area is 113 Å². The third-order valence-electron chi connectivity index (χ3n) is 3.10. The van der Waals surface area contributed by atoms with Crippen molar-refractivity contribution in [2.24, 2.45) is 0 Å². The van der Waals surface area contributed by atoms with E-state index in [4.69, 9.17) is 0 Å². The number of carbonyl (C=O) groups is 2. The van der Waals surface area contributed by atoms with Crippen LogP contribution in [0.25, 0.3) is 10.8 Å². The fraction of sp³-hybridized carbons (Fsp3) is 0.143. The van der Waals surface area contributed by atoms with E-state index in [0.29, 0.717) is 6.42 Å². The van der Waals surface area contributed by atoms with E-state index in [9.17, 15) is 14.7 Å². The SMILES string of the molecule is O=C1NC(Cc2ccc3cc(O)ccc3c2)C(=O)S1. The van der Waals surface area contributed by atoms with Gasteiger partial charge in [0.15, 0.2) is 0 Å². The molecule has 1 heterocycles. The van der Waals surface area contributed by atoms with E-state index in [1.807, 2.05) is 24.3 Å². The van der Waals surface area contributed by atoms with E-state index in [2.05, 4.69) is 5.32 Å². The van der Waals surface area contributed by atoms with Crippen molar-refractivity contribution >= 4 is 32.9 Å². The van der Waals surface area contributed by atoms with E-state index in [0.717, 1.165) is 28.1 Å². The van der Waals surface area contributed by atoms with Gasteiger partial charge in [0.25, 0.3) is 5.24 Å². The Morgan fingerprint density at radius 3 is 2.58 bits per heavy atom. The van der Waals surface area contributed by atoms with Crippen LogP contribution in [0, 0.1) is 0 Å². The third kappa shape index (κ3) is 2.42. The van der Waals surface area contributed by atoms with E-state index in [1.54, 1.807) is 12.1 Å². The van der Waals surface area contributed by atoms with Gasteiger partial charge in [-0.3, -0.25) is 9.59 Å². The highest BCUT2D eigenvalue weighted by Crippen LogP contribution is 2.23. The standard InChI is InChI=1S/C14H11NO3S/c16-11-4-3-9-5-8(1-2-10(9)7-11)6-12-13(17)19-14(18)15-12/h1-5,7,12,16H,6H2,(H,15,18). The molecule has 4 nitrogen and oxygen atoms in total. The Hall–Kier alpha value is -2.01. The van der Waals surface area contributed by atoms with Gasteiger partial charge in [0.2, 0.25) is 5.12 Å². The lowest BCUT2D eigenvalue weighted by Gasteiger charge is -2.08. The van der Waals surface area contributed by atoms with Crippen LogP contribution in [0.2, 0.25) is 0 Å². The van der Waals surface area contributed by atoms with Gasteiger partial charge in [-0.25, -0.2) is 0 Å². The Morgan fingerprint density at radius 2 is 1.84 bits per heavy atom. The first-order valence-electron chi connectivity index (χ1n) is 5.86. The van der Waals surface area contributed by atoms with Crippen molar-refractivity contribution in [3.05, 3.63) is 42.0 Å². The molecule has 1 aliphatic rings. The zero-order valence-corrected chi connectivity index (χ0v) is 10.7. The summed E-state index contributed by atoms with van der Waals surface area (Å²) < 4.78 is 0. The second-order valence-electron chi connectivity index (χ2n) is 4.48. The van der Waals surface area contributed by atoms with Crippen molar-refractivity contribution in [1.82, 2.24) is 5.32 Å². The first kappa shape index (κ1) is 12.0. The summed E-state index contributed by atoms with van der Waals surface area (Å²) in [6, 6.07) is 10.5. The molecule has 1 aliphatic heterocycles. The highest BCUT2D eigenvalue weighted by Gasteiger charge is 2.31. The lowest BCUT2D eigenvalue weighted by Crippen LogP contribution is -2.30. The van der Waals surface area contributed by atoms with Crippen molar-refractivity contribution in [2.45, 2.75) is 12.5 Å². The summed E-state index contributed by atoms with van der Waals surface area (Å²) in [4.78, 5) is 22.7. The minimum atomic E-state index is -0.438. The average molecular weight is 273 g/mol. The molecule has 2 aromatic carbocycles. The van der Waals surface area contributed by atoms with Crippen LogP contribution in [-0.2, 0) is 11.2 Å². The number of hydrogen-bond donors (Lipinski definition) is 2. The molecule has 1 saturated heterocycles. The van der Waals surface area contributed by atoms with Crippen LogP contribution in [0.4, 0.5) is 4.79 Å². The van der Waals surface area contributed by atoms with Crippen LogP contribution < -0.4 is 5.32 Å². The van der Waals surface area contributed by atoms with Crippen molar-refractivity contribution in [1.29, 1.82) is 0 Å². The van der Waals surface area contributed by atoms with Gasteiger partial charge in [-0.15, -0.1) is 0 Å². The number of hydrogen-bond acceptors (Lipinski definition) is 4. The van der Waals surface area contributed by atoms with Crippen LogP contribution in [0.3, 0.4) is 0 Å². The number of phenols is 1. The third-order valence-corrected chi connectivity index (χ3v) is 3.89. The molecule has 0 spiro atoms. The van der Waals surface area contributed by atoms with Crippen LogP contribution in [0.15, 0.2) is 36.4 Å². The highest BCUT2D eigenvalue weighted by atomic mass is 32.2. The highest BCUT2D eigenvalue weighted by molar-refractivity contribution is 8.26. The number of phenolic OH excluding ortho intramolecular Hbond substituents is 1. The Bertz CT molecular complexity index is 683. The monoisotopic (exact) mass is 273 g/mol. The minimum Gasteiger partial charge on any atom is -0.508 e. The molecule has 2 N–H and O–H groups in total. The molecule has 1 unspecified atom stereocenters. The maximum absolute atomic E-state index is 11.5. The summed E-state index contributed by atoms with van der Waals surface area (Å²) in [6.07, 6.45) is 0.494. The molecule has 96 valence electrons. The van der Waals surface area contributed by atoms with Gasteiger partial charge in [-0.05, 0) is 28.5 Å². The summed E-state index contributed by atoms with van der Waals surface area (Å²) >= 11 is 0.731. The number of thioether (sulfide) groups is 1. The maximum atomic E-state index is 11.5. The number of amides is 1. The molecule has 5 heteroatoms. The summed E-state index contributed by atoms with van der Waals surface area (Å²) in [5.41, 5.74) is 0.985. The molecule has 0 radical (unpaired) electrons. The molecule has 3 rings (SSSR count). The van der Waals surface area contributed by atoms with Crippen LogP contribution in [0.5, 0.6) is 5.75 Å². The van der Waals surface area contributed by atoms with Gasteiger partial charge in [-0.1, -0.05) is 24.3 Å². The smallest absolute Gasteiger partial charge is 0.287 e. The number of nitrogens with one attached hydrogen (secondary N) is 1. The number of rotatable bonds is 2. The summed E-state index contributed by atoms with van der Waals surface area (Å²) in [5, 5.41) is 13.6. The predicted molar refractivity (Wildman–Crippen MR) is 74.2 cm³/mol. The molecule has 0 aromatic heterocycles. The molecule has 1 fully saturated rings. The normalized spacial score (nSPS) is 18.8. The maximum Gasteiger partial charge on any atom is 0.287 e. The molecule has 2 aromatic rings. The van der Waals surface area contributed by atoms with Gasteiger partial charge in [-0.2, -0.15) is 0 Å². The molecular weight excluding hydrogens is 262 g/mol. The predicted octanol–water partition coefficient (Wildman–Crippen LogP) is 2.44. The lowest BCUT2D eigenvalue weighted by molar-refractivity contribution is -0.112. The largest absolute Gasteiger partial charge is 0.508 e. The summed E-state index contributed by atoms with van der Waals surface area (Å²) in [5.74, 6) is 0.231. The quantitative estimate of drug-likeness (QED) is 0.882. The van der Waals surface area contributed by atoms with E-state index in [-0.39, 0.29) is 16.1 Å². The Balaban J connectivity index is 1.87. The van der Waals surface area contributed by atoms with E-state index < -0.39 is 6.04 Å². The first-order chi connectivity index (χ1) is 9.11. The molecular formula is C14H11NO3S. The second-order valence-corrected chi connectivity index (χ2v) is 5.45. The number of carbonyl (C=O) groups excluding carboxylic acids is 2. The van der Waals surface area contributed by atoms with Crippen molar-refractivity contribution in [3.8, 4) is 5.75 Å². The van der Waals surface area contributed by atoms with Gasteiger partial charge < -0.3 is 10.4 Å². The Kier molecular flexibility index (Phi) is 2.91. The fourth-order valence-electron chi connectivity index (χ4n) is 2.17. The number of fused-ring (bicyclic) bond motifs is 1. The van der Waals surface area contributed by atoms with Gasteiger partial charge in [0.05, 0.1) is 0 Å². The van der Waals surface area contributed by atoms with Crippen LogP contribution >= 0.6 is 11.8 Å². The molecule has 0 aliphatic carbocycles. The van der Waals surface area contributed by atoms with Gasteiger partial charge >= 0.3 is 0 Å². The lowest BCUT2D eigenvalue weighted by atomic mass is 10.0. The molecule has 19 heavy (non-hydrogen) atoms. The van der Waals surface area contributed by atoms with E-state index >= 15 is 0 Å². The number of benzene rings is 2. The zero-order valence-electron chi connectivity index (χ0n) is 9.92. The van der Waals surface area contributed by atoms with Crippen molar-refractivity contribution < 1.29 is 14.7 Å². The van der Waals surface area contributed by atoms with Crippen LogP contribution in [0.1, 0.15) is 5.56 Å².